The average Bonchev–Trinajstić information content (AvgIpc) is 2.40. The first-order valence-corrected chi connectivity index (χ1v) is 5.50. The Labute approximate surface area is 106 Å². The molecule has 0 spiro atoms. The zero-order valence-electron chi connectivity index (χ0n) is 10.5. The molecule has 2 N–H and O–H groups in total. The smallest absolute Gasteiger partial charge is 0.105 e. The van der Waals surface area contributed by atoms with Gasteiger partial charge >= 0.3 is 0 Å². The molecule has 0 saturated carbocycles. The molecule has 98 valence electrons. The normalized spacial score (nSPS) is 20.8. The molecule has 0 amide bonds. The predicted molar refractivity (Wildman–Crippen MR) is 72.8 cm³/mol. The van der Waals surface area contributed by atoms with Crippen LogP contribution in [0.1, 0.15) is 12.5 Å². The Hall–Kier alpha value is -1.78. The number of allylic oxidation sites excluding steroid dienone is 2. The van der Waals surface area contributed by atoms with E-state index >= 15 is 0 Å². The Bertz CT molecular complexity index is 384. The van der Waals surface area contributed by atoms with E-state index in [2.05, 4.69) is 19.1 Å². The van der Waals surface area contributed by atoms with E-state index in [1.54, 1.807) is 25.2 Å². The number of hydrogen-bond acceptors (Lipinski definition) is 4. The van der Waals surface area contributed by atoms with Gasteiger partial charge in [-0.1, -0.05) is 54.1 Å². The van der Waals surface area contributed by atoms with Crippen molar-refractivity contribution in [2.24, 2.45) is 0 Å². The van der Waals surface area contributed by atoms with Crippen LogP contribution in [0.15, 0.2) is 54.1 Å². The monoisotopic (exact) mass is 250 g/mol. The van der Waals surface area contributed by atoms with Gasteiger partial charge in [-0.05, 0) is 19.4 Å². The van der Waals surface area contributed by atoms with E-state index in [0.717, 1.165) is 5.57 Å². The minimum Gasteiger partial charge on any atom is -0.386 e. The molecule has 18 heavy (non-hydrogen) atoms. The number of aryl methyl sites for hydroxylation is 1. The molecular weight excluding hydrogens is 232 g/mol. The van der Waals surface area contributed by atoms with Crippen molar-refractivity contribution >= 4 is 0 Å². The molecule has 4 heteroatoms. The first kappa shape index (κ1) is 16.2. The van der Waals surface area contributed by atoms with Crippen LogP contribution in [-0.4, -0.2) is 22.4 Å². The number of aliphatic hydroxyl groups excluding tert-OH is 2. The minimum atomic E-state index is -0.713. The van der Waals surface area contributed by atoms with E-state index in [0.29, 0.717) is 0 Å². The number of rotatable bonds is 0. The van der Waals surface area contributed by atoms with Gasteiger partial charge in [0.1, 0.15) is 12.2 Å². The van der Waals surface area contributed by atoms with Gasteiger partial charge in [0.05, 0.1) is 0 Å². The minimum absolute atomic E-state index is 0.699. The molecule has 0 fully saturated rings. The van der Waals surface area contributed by atoms with Crippen LogP contribution in [0.5, 0.6) is 0 Å². The molecule has 1 aromatic rings. The zero-order valence-corrected chi connectivity index (χ0v) is 10.5. The Kier molecular flexibility index (Phi) is 8.35. The van der Waals surface area contributed by atoms with Gasteiger partial charge in [-0.15, -0.1) is 0 Å². The summed E-state index contributed by atoms with van der Waals surface area (Å²) in [6.07, 6.45) is 3.69. The molecule has 1 aliphatic rings. The highest BCUT2D eigenvalue weighted by atomic mass is 16.7. The summed E-state index contributed by atoms with van der Waals surface area (Å²) in [5.41, 5.74) is 2.13. The van der Waals surface area contributed by atoms with Crippen LogP contribution in [0.3, 0.4) is 0 Å². The number of aliphatic hydroxyl groups is 2. The Morgan fingerprint density at radius 3 is 1.89 bits per heavy atom. The van der Waals surface area contributed by atoms with Crippen LogP contribution in [-0.2, 0) is 0 Å². The molecule has 2 rings (SSSR count). The molecule has 1 aliphatic carbocycles. The van der Waals surface area contributed by atoms with E-state index in [-0.39, 0.29) is 0 Å². The lowest BCUT2D eigenvalue weighted by Gasteiger charge is -2.17. The fraction of sp³-hybridized carbons (Fsp3) is 0.286. The van der Waals surface area contributed by atoms with Gasteiger partial charge in [0.25, 0.3) is 0 Å². The first-order chi connectivity index (χ1) is 8.61. The predicted octanol–water partition coefficient (Wildman–Crippen LogP) is 2.29. The van der Waals surface area contributed by atoms with Crippen molar-refractivity contribution < 1.29 is 10.2 Å². The maximum Gasteiger partial charge on any atom is 0.105 e. The van der Waals surface area contributed by atoms with Gasteiger partial charge in [0.2, 0.25) is 0 Å². The summed E-state index contributed by atoms with van der Waals surface area (Å²) in [5.74, 6) is 0. The molecule has 0 heterocycles. The number of hydrogen-bond donors (Lipinski definition) is 2. The lowest BCUT2D eigenvalue weighted by Crippen LogP contribution is -2.26. The third-order valence-electron chi connectivity index (χ3n) is 2.40. The SMILES string of the molecule is CC1=CC=C[C@H](O)[C@@H]1O.Cc1ccccc1.O=O. The molecule has 0 aliphatic heterocycles. The van der Waals surface area contributed by atoms with E-state index in [1.165, 1.54) is 5.56 Å². The van der Waals surface area contributed by atoms with Crippen LogP contribution in [0.4, 0.5) is 0 Å². The standard InChI is InChI=1S/C7H10O2.C7H8.O2/c1-5-3-2-4-6(8)7(5)9;1-7-5-3-2-4-6-7;1-2/h2-4,6-9H,1H3;2-6H,1H3;/t6-,7+;;/m0../s1. The second-order valence-corrected chi connectivity index (χ2v) is 3.89. The van der Waals surface area contributed by atoms with Crippen molar-refractivity contribution in [3.63, 3.8) is 0 Å². The Balaban J connectivity index is 0.000000289. The largest absolute Gasteiger partial charge is 0.386 e. The molecule has 0 saturated heterocycles. The molecule has 4 nitrogen and oxygen atoms in total. The van der Waals surface area contributed by atoms with Gasteiger partial charge in [-0.25, -0.2) is 0 Å². The van der Waals surface area contributed by atoms with Crippen molar-refractivity contribution in [2.45, 2.75) is 26.1 Å². The van der Waals surface area contributed by atoms with Crippen molar-refractivity contribution in [3.8, 4) is 0 Å². The van der Waals surface area contributed by atoms with Crippen LogP contribution in [0.25, 0.3) is 0 Å². The van der Waals surface area contributed by atoms with Crippen molar-refractivity contribution in [2.75, 3.05) is 0 Å². The van der Waals surface area contributed by atoms with Crippen molar-refractivity contribution in [1.29, 1.82) is 0 Å². The molecule has 0 bridgehead atoms. The number of benzene rings is 1. The second-order valence-electron chi connectivity index (χ2n) is 3.89. The fourth-order valence-corrected chi connectivity index (χ4v) is 1.33. The summed E-state index contributed by atoms with van der Waals surface area (Å²) >= 11 is 0. The molecule has 2 atom stereocenters. The third kappa shape index (κ3) is 6.08. The second kappa shape index (κ2) is 9.27. The summed E-state index contributed by atoms with van der Waals surface area (Å²) in [6, 6.07) is 10.3. The zero-order chi connectivity index (χ0) is 14.0. The topological polar surface area (TPSA) is 74.6 Å². The van der Waals surface area contributed by atoms with Crippen LogP contribution >= 0.6 is 0 Å². The highest BCUT2D eigenvalue weighted by molar-refractivity contribution is 5.23. The lowest BCUT2D eigenvalue weighted by molar-refractivity contribution is 0.0716. The maximum absolute atomic E-state index is 9.08. The summed E-state index contributed by atoms with van der Waals surface area (Å²) in [7, 11) is 0. The molecular formula is C14H18O4. The van der Waals surface area contributed by atoms with Gasteiger partial charge < -0.3 is 10.2 Å². The van der Waals surface area contributed by atoms with Crippen molar-refractivity contribution in [3.05, 3.63) is 69.6 Å². The average molecular weight is 250 g/mol. The third-order valence-corrected chi connectivity index (χ3v) is 2.40. The molecule has 0 unspecified atom stereocenters. The van der Waals surface area contributed by atoms with Gasteiger partial charge in [-0.3, -0.25) is 0 Å². The van der Waals surface area contributed by atoms with Gasteiger partial charge in [0, 0.05) is 9.93 Å². The quantitative estimate of drug-likeness (QED) is 0.740. The van der Waals surface area contributed by atoms with Crippen molar-refractivity contribution in [1.82, 2.24) is 0 Å². The van der Waals surface area contributed by atoms with Gasteiger partial charge in [0.15, 0.2) is 0 Å². The summed E-state index contributed by atoms with van der Waals surface area (Å²) in [4.78, 5) is 14.0. The first-order valence-electron chi connectivity index (χ1n) is 5.50. The van der Waals surface area contributed by atoms with Crippen LogP contribution in [0.2, 0.25) is 0 Å². The molecule has 0 aromatic heterocycles. The molecule has 1 aromatic carbocycles. The summed E-state index contributed by atoms with van der Waals surface area (Å²) in [6.45, 7) is 3.87. The summed E-state index contributed by atoms with van der Waals surface area (Å²) < 4.78 is 0. The highest BCUT2D eigenvalue weighted by Crippen LogP contribution is 2.11. The Morgan fingerprint density at radius 2 is 1.56 bits per heavy atom. The lowest BCUT2D eigenvalue weighted by atomic mass is 10.0. The summed E-state index contributed by atoms with van der Waals surface area (Å²) in [5, 5.41) is 18.0. The molecule has 0 radical (unpaired) electrons. The van der Waals surface area contributed by atoms with Gasteiger partial charge in [-0.2, -0.15) is 0 Å². The van der Waals surface area contributed by atoms with Crippen LogP contribution < -0.4 is 0 Å². The fourth-order valence-electron chi connectivity index (χ4n) is 1.33. The highest BCUT2D eigenvalue weighted by Gasteiger charge is 2.16. The van der Waals surface area contributed by atoms with E-state index in [4.69, 9.17) is 20.1 Å². The maximum atomic E-state index is 9.08. The Morgan fingerprint density at radius 1 is 1.00 bits per heavy atom. The van der Waals surface area contributed by atoms with E-state index < -0.39 is 12.2 Å². The van der Waals surface area contributed by atoms with Crippen LogP contribution in [0, 0.1) is 16.9 Å². The van der Waals surface area contributed by atoms with E-state index in [1.807, 2.05) is 18.2 Å². The van der Waals surface area contributed by atoms with E-state index in [9.17, 15) is 0 Å².